The summed E-state index contributed by atoms with van der Waals surface area (Å²) in [6, 6.07) is 2.77. The van der Waals surface area contributed by atoms with E-state index in [1.54, 1.807) is 4.88 Å². The van der Waals surface area contributed by atoms with E-state index < -0.39 is 0 Å². The summed E-state index contributed by atoms with van der Waals surface area (Å²) in [7, 11) is 0. The molecular weight excluding hydrogens is 232 g/mol. The summed E-state index contributed by atoms with van der Waals surface area (Å²) in [5.74, 6) is 0.639. The van der Waals surface area contributed by atoms with Crippen molar-refractivity contribution < 1.29 is 4.74 Å². The normalized spacial score (nSPS) is 27.0. The molecule has 0 bridgehead atoms. The molecule has 1 aromatic heterocycles. The van der Waals surface area contributed by atoms with Gasteiger partial charge in [0.05, 0.1) is 6.61 Å². The summed E-state index contributed by atoms with van der Waals surface area (Å²) in [5, 5.41) is 2.21. The van der Waals surface area contributed by atoms with E-state index in [-0.39, 0.29) is 0 Å². The van der Waals surface area contributed by atoms with Gasteiger partial charge >= 0.3 is 0 Å². The number of rotatable bonds is 3. The highest BCUT2D eigenvalue weighted by Crippen LogP contribution is 2.28. The molecule has 0 radical (unpaired) electrons. The Morgan fingerprint density at radius 3 is 3.29 bits per heavy atom. The topological polar surface area (TPSA) is 38.5 Å². The highest BCUT2D eigenvalue weighted by Gasteiger charge is 2.31. The quantitative estimate of drug-likeness (QED) is 0.885. The molecule has 0 amide bonds. The van der Waals surface area contributed by atoms with Gasteiger partial charge in [-0.1, -0.05) is 0 Å². The highest BCUT2D eigenvalue weighted by atomic mass is 32.1. The molecule has 17 heavy (non-hydrogen) atoms. The molecule has 1 fully saturated rings. The molecule has 0 aromatic carbocycles. The molecule has 2 N–H and O–H groups in total. The smallest absolute Gasteiger partial charge is 0.0510 e. The van der Waals surface area contributed by atoms with Gasteiger partial charge in [0.1, 0.15) is 0 Å². The molecule has 2 aliphatic heterocycles. The van der Waals surface area contributed by atoms with E-state index in [9.17, 15) is 0 Å². The molecule has 3 heterocycles. The van der Waals surface area contributed by atoms with Gasteiger partial charge in [-0.25, -0.2) is 0 Å². The Kier molecular flexibility index (Phi) is 3.47. The van der Waals surface area contributed by atoms with Crippen molar-refractivity contribution in [2.24, 2.45) is 11.7 Å². The predicted octanol–water partition coefficient (Wildman–Crippen LogP) is 1.47. The first-order chi connectivity index (χ1) is 8.38. The predicted molar refractivity (Wildman–Crippen MR) is 70.2 cm³/mol. The van der Waals surface area contributed by atoms with Gasteiger partial charge in [0.25, 0.3) is 0 Å². The molecule has 0 aliphatic carbocycles. The maximum absolute atomic E-state index is 5.98. The van der Waals surface area contributed by atoms with Crippen molar-refractivity contribution in [3.63, 3.8) is 0 Å². The summed E-state index contributed by atoms with van der Waals surface area (Å²) in [6.07, 6.45) is 2.37. The molecule has 2 atom stereocenters. The molecule has 2 aliphatic rings. The fraction of sp³-hybridized carbons (Fsp3) is 0.692. The fourth-order valence-corrected chi connectivity index (χ4v) is 3.94. The summed E-state index contributed by atoms with van der Waals surface area (Å²) < 4.78 is 5.51. The minimum Gasteiger partial charge on any atom is -0.381 e. The van der Waals surface area contributed by atoms with Gasteiger partial charge in [0.2, 0.25) is 0 Å². The second-order valence-corrected chi connectivity index (χ2v) is 6.02. The van der Waals surface area contributed by atoms with Crippen molar-refractivity contribution in [3.8, 4) is 0 Å². The summed E-state index contributed by atoms with van der Waals surface area (Å²) in [6.45, 7) is 4.81. The molecule has 1 aromatic rings. The van der Waals surface area contributed by atoms with Crippen LogP contribution in [0.1, 0.15) is 16.9 Å². The first-order valence-corrected chi connectivity index (χ1v) is 7.33. The fourth-order valence-electron chi connectivity index (χ4n) is 3.05. The minimum absolute atomic E-state index is 0.505. The van der Waals surface area contributed by atoms with Gasteiger partial charge in [-0.05, 0) is 29.9 Å². The molecule has 0 saturated carbocycles. The van der Waals surface area contributed by atoms with E-state index in [2.05, 4.69) is 16.3 Å². The van der Waals surface area contributed by atoms with E-state index >= 15 is 0 Å². The molecular formula is C13H20N2OS. The molecule has 3 nitrogen and oxygen atoms in total. The van der Waals surface area contributed by atoms with Crippen molar-refractivity contribution >= 4 is 11.3 Å². The van der Waals surface area contributed by atoms with Crippen molar-refractivity contribution in [1.29, 1.82) is 0 Å². The van der Waals surface area contributed by atoms with Gasteiger partial charge in [-0.2, -0.15) is 0 Å². The third-order valence-electron chi connectivity index (χ3n) is 4.06. The number of fused-ring (bicyclic) bond motifs is 1. The zero-order chi connectivity index (χ0) is 11.7. The Morgan fingerprint density at radius 2 is 2.53 bits per heavy atom. The average Bonchev–Trinajstić information content (AvgIpc) is 2.99. The van der Waals surface area contributed by atoms with Crippen LogP contribution in [0.4, 0.5) is 0 Å². The van der Waals surface area contributed by atoms with Crippen molar-refractivity contribution in [1.82, 2.24) is 4.90 Å². The first-order valence-electron chi connectivity index (χ1n) is 6.45. The molecule has 1 saturated heterocycles. The standard InChI is InChI=1S/C13H20N2OS/c14-7-12(11-2-5-16-9-11)15-4-1-13-10(8-15)3-6-17-13/h3,6,11-12H,1-2,4-5,7-9,14H2. The molecule has 0 spiro atoms. The van der Waals surface area contributed by atoms with E-state index in [4.69, 9.17) is 10.5 Å². The maximum atomic E-state index is 5.98. The third-order valence-corrected chi connectivity index (χ3v) is 5.08. The number of hydrogen-bond acceptors (Lipinski definition) is 4. The van der Waals surface area contributed by atoms with Crippen LogP contribution >= 0.6 is 11.3 Å². The molecule has 3 rings (SSSR count). The number of ether oxygens (including phenoxy) is 1. The second kappa shape index (κ2) is 5.06. The maximum Gasteiger partial charge on any atom is 0.0510 e. The molecule has 2 unspecified atom stereocenters. The summed E-state index contributed by atoms with van der Waals surface area (Å²) in [4.78, 5) is 4.13. The second-order valence-electron chi connectivity index (χ2n) is 5.02. The Morgan fingerprint density at radius 1 is 1.59 bits per heavy atom. The first kappa shape index (κ1) is 11.7. The lowest BCUT2D eigenvalue weighted by atomic mass is 9.95. The van der Waals surface area contributed by atoms with E-state index in [0.717, 1.165) is 32.8 Å². The Labute approximate surface area is 107 Å². The van der Waals surface area contributed by atoms with Crippen molar-refractivity contribution in [3.05, 3.63) is 21.9 Å². The SMILES string of the molecule is NCC(C1CCOC1)N1CCc2sccc2C1. The van der Waals surface area contributed by atoms with Gasteiger partial charge in [-0.15, -0.1) is 11.3 Å². The van der Waals surface area contributed by atoms with E-state index in [0.29, 0.717) is 12.0 Å². The summed E-state index contributed by atoms with van der Waals surface area (Å²) in [5.41, 5.74) is 7.50. The van der Waals surface area contributed by atoms with Crippen LogP contribution in [0, 0.1) is 5.92 Å². The number of nitrogens with two attached hydrogens (primary N) is 1. The van der Waals surface area contributed by atoms with Crippen LogP contribution in [0.2, 0.25) is 0 Å². The van der Waals surface area contributed by atoms with Crippen LogP contribution in [0.3, 0.4) is 0 Å². The van der Waals surface area contributed by atoms with Gasteiger partial charge in [0, 0.05) is 43.1 Å². The average molecular weight is 252 g/mol. The van der Waals surface area contributed by atoms with Gasteiger partial charge in [-0.3, -0.25) is 4.90 Å². The minimum atomic E-state index is 0.505. The largest absolute Gasteiger partial charge is 0.381 e. The third kappa shape index (κ3) is 2.27. The van der Waals surface area contributed by atoms with E-state index in [1.165, 1.54) is 18.4 Å². The molecule has 4 heteroatoms. The van der Waals surface area contributed by atoms with Crippen molar-refractivity contribution in [2.45, 2.75) is 25.4 Å². The number of hydrogen-bond donors (Lipinski definition) is 1. The lowest BCUT2D eigenvalue weighted by Gasteiger charge is -2.36. The van der Waals surface area contributed by atoms with Crippen molar-refractivity contribution in [2.75, 3.05) is 26.3 Å². The Bertz CT molecular complexity index is 373. The lowest BCUT2D eigenvalue weighted by Crippen LogP contribution is -2.47. The Balaban J connectivity index is 1.71. The molecule has 94 valence electrons. The number of nitrogens with zero attached hydrogens (tertiary/aromatic N) is 1. The van der Waals surface area contributed by atoms with Crippen LogP contribution < -0.4 is 5.73 Å². The van der Waals surface area contributed by atoms with Crippen LogP contribution in [0.5, 0.6) is 0 Å². The van der Waals surface area contributed by atoms with Crippen LogP contribution in [-0.2, 0) is 17.7 Å². The van der Waals surface area contributed by atoms with Gasteiger partial charge < -0.3 is 10.5 Å². The zero-order valence-electron chi connectivity index (χ0n) is 10.1. The zero-order valence-corrected chi connectivity index (χ0v) is 10.9. The summed E-state index contributed by atoms with van der Waals surface area (Å²) >= 11 is 1.90. The monoisotopic (exact) mass is 252 g/mol. The van der Waals surface area contributed by atoms with Crippen LogP contribution in [0.25, 0.3) is 0 Å². The number of thiophene rings is 1. The lowest BCUT2D eigenvalue weighted by molar-refractivity contribution is 0.112. The van der Waals surface area contributed by atoms with Gasteiger partial charge in [0.15, 0.2) is 0 Å². The van der Waals surface area contributed by atoms with Crippen LogP contribution in [0.15, 0.2) is 11.4 Å². The highest BCUT2D eigenvalue weighted by molar-refractivity contribution is 7.10. The Hall–Kier alpha value is -0.420. The van der Waals surface area contributed by atoms with Crippen LogP contribution in [-0.4, -0.2) is 37.2 Å². The van der Waals surface area contributed by atoms with E-state index in [1.807, 2.05) is 11.3 Å².